The molecule has 1 atom stereocenters. The molecule has 2 N–H and O–H groups in total. The Morgan fingerprint density at radius 2 is 1.92 bits per heavy atom. The Morgan fingerprint density at radius 3 is 2.67 bits per heavy atom. The molecule has 0 spiro atoms. The molecule has 10 heteroatoms. The summed E-state index contributed by atoms with van der Waals surface area (Å²) >= 11 is 0. The van der Waals surface area contributed by atoms with Crippen molar-refractivity contribution >= 4 is 44.1 Å². The first-order valence-corrected chi connectivity index (χ1v) is 13.8. The number of aliphatic hydroxyl groups excluding tert-OH is 1. The van der Waals surface area contributed by atoms with E-state index in [1.807, 2.05) is 59.3 Å². The highest BCUT2D eigenvalue weighted by atomic mass is 32.2. The van der Waals surface area contributed by atoms with E-state index in [0.717, 1.165) is 47.4 Å². The predicted molar refractivity (Wildman–Crippen MR) is 143 cm³/mol. The SMILES string of the molecule is CN(c1ccccc1Cn1ccc2cnc(Nc3ccc(N4CCCC(O)C4)cc3)nc21)S(C)(=O)=O. The molecule has 188 valence electrons. The molecule has 0 radical (unpaired) electrons. The third-order valence-electron chi connectivity index (χ3n) is 6.56. The molecule has 0 amide bonds. The number of para-hydroxylation sites is 1. The maximum Gasteiger partial charge on any atom is 0.232 e. The molecule has 0 aliphatic carbocycles. The standard InChI is InChI=1S/C26H30N6O3S/c1-30(36(2,34)35)24-8-4-3-6-20(24)17-32-15-13-19-16-27-26(29-25(19)32)28-21-9-11-22(12-10-21)31-14-5-7-23(33)18-31/h3-4,6,8-13,15-16,23,33H,5,7,14,17-18H2,1-2H3,(H,27,28,29). The number of nitrogens with one attached hydrogen (secondary N) is 1. The van der Waals surface area contributed by atoms with Gasteiger partial charge in [0.2, 0.25) is 16.0 Å². The van der Waals surface area contributed by atoms with Crippen LogP contribution in [0.5, 0.6) is 0 Å². The fourth-order valence-corrected chi connectivity index (χ4v) is 5.08. The Kier molecular flexibility index (Phi) is 6.55. The lowest BCUT2D eigenvalue weighted by atomic mass is 10.1. The molecular weight excluding hydrogens is 476 g/mol. The first-order valence-electron chi connectivity index (χ1n) is 11.9. The van der Waals surface area contributed by atoms with Gasteiger partial charge in [0.25, 0.3) is 0 Å². The van der Waals surface area contributed by atoms with Crippen LogP contribution < -0.4 is 14.5 Å². The van der Waals surface area contributed by atoms with Crippen LogP contribution in [0.2, 0.25) is 0 Å². The highest BCUT2D eigenvalue weighted by Gasteiger charge is 2.18. The predicted octanol–water partition coefficient (Wildman–Crippen LogP) is 3.58. The van der Waals surface area contributed by atoms with Gasteiger partial charge in [-0.3, -0.25) is 4.31 Å². The highest BCUT2D eigenvalue weighted by Crippen LogP contribution is 2.26. The number of benzene rings is 2. The van der Waals surface area contributed by atoms with Gasteiger partial charge in [-0.05, 0) is 54.8 Å². The van der Waals surface area contributed by atoms with Crippen LogP contribution in [0.25, 0.3) is 11.0 Å². The van der Waals surface area contributed by atoms with Crippen LogP contribution in [0.4, 0.5) is 23.0 Å². The largest absolute Gasteiger partial charge is 0.391 e. The van der Waals surface area contributed by atoms with E-state index in [4.69, 9.17) is 4.98 Å². The monoisotopic (exact) mass is 506 g/mol. The molecule has 5 rings (SSSR count). The second-order valence-corrected chi connectivity index (χ2v) is 11.2. The van der Waals surface area contributed by atoms with E-state index in [1.165, 1.54) is 10.6 Å². The summed E-state index contributed by atoms with van der Waals surface area (Å²) < 4.78 is 27.5. The van der Waals surface area contributed by atoms with Crippen LogP contribution in [-0.2, 0) is 16.6 Å². The molecule has 2 aromatic carbocycles. The quantitative estimate of drug-likeness (QED) is 0.395. The Hall–Kier alpha value is -3.63. The fraction of sp³-hybridized carbons (Fsp3) is 0.308. The lowest BCUT2D eigenvalue weighted by molar-refractivity contribution is 0.154. The van der Waals surface area contributed by atoms with E-state index in [0.29, 0.717) is 24.7 Å². The summed E-state index contributed by atoms with van der Waals surface area (Å²) in [5, 5.41) is 14.1. The van der Waals surface area contributed by atoms with Gasteiger partial charge in [0.15, 0.2) is 0 Å². The third-order valence-corrected chi connectivity index (χ3v) is 7.75. The topological polar surface area (TPSA) is 104 Å². The number of anilines is 4. The summed E-state index contributed by atoms with van der Waals surface area (Å²) in [6, 6.07) is 17.5. The van der Waals surface area contributed by atoms with Crippen molar-refractivity contribution in [2.24, 2.45) is 0 Å². The molecule has 0 bridgehead atoms. The molecule has 1 aliphatic rings. The van der Waals surface area contributed by atoms with Gasteiger partial charge in [-0.15, -0.1) is 0 Å². The molecule has 36 heavy (non-hydrogen) atoms. The Labute approximate surface area is 211 Å². The van der Waals surface area contributed by atoms with Crippen LogP contribution in [0, 0.1) is 0 Å². The van der Waals surface area contributed by atoms with Crippen molar-refractivity contribution in [3.8, 4) is 0 Å². The number of aliphatic hydroxyl groups is 1. The summed E-state index contributed by atoms with van der Waals surface area (Å²) in [4.78, 5) is 11.4. The maximum absolute atomic E-state index is 12.1. The molecule has 2 aromatic heterocycles. The number of hydrogen-bond donors (Lipinski definition) is 2. The van der Waals surface area contributed by atoms with Gasteiger partial charge in [0.1, 0.15) is 5.65 Å². The number of hydrogen-bond acceptors (Lipinski definition) is 7. The zero-order chi connectivity index (χ0) is 25.3. The molecule has 0 saturated carbocycles. The van der Waals surface area contributed by atoms with E-state index < -0.39 is 10.0 Å². The Morgan fingerprint density at radius 1 is 1.14 bits per heavy atom. The molecule has 1 unspecified atom stereocenters. The zero-order valence-electron chi connectivity index (χ0n) is 20.4. The zero-order valence-corrected chi connectivity index (χ0v) is 21.2. The first-order chi connectivity index (χ1) is 17.3. The highest BCUT2D eigenvalue weighted by molar-refractivity contribution is 7.92. The number of rotatable bonds is 7. The molecule has 1 fully saturated rings. The maximum atomic E-state index is 12.1. The normalized spacial score (nSPS) is 16.3. The smallest absolute Gasteiger partial charge is 0.232 e. The number of sulfonamides is 1. The summed E-state index contributed by atoms with van der Waals surface area (Å²) in [7, 11) is -1.82. The Bertz CT molecular complexity index is 1470. The van der Waals surface area contributed by atoms with Gasteiger partial charge in [-0.25, -0.2) is 13.4 Å². The minimum absolute atomic E-state index is 0.272. The lowest BCUT2D eigenvalue weighted by Crippen LogP contribution is -2.38. The van der Waals surface area contributed by atoms with Crippen LogP contribution >= 0.6 is 0 Å². The number of aromatic nitrogens is 3. The number of fused-ring (bicyclic) bond motifs is 1. The number of nitrogens with zero attached hydrogens (tertiary/aromatic N) is 5. The molecule has 1 saturated heterocycles. The lowest BCUT2D eigenvalue weighted by Gasteiger charge is -2.32. The van der Waals surface area contributed by atoms with E-state index in [2.05, 4.69) is 15.2 Å². The molecule has 3 heterocycles. The van der Waals surface area contributed by atoms with Crippen molar-refractivity contribution < 1.29 is 13.5 Å². The molecular formula is C26H30N6O3S. The van der Waals surface area contributed by atoms with E-state index in [9.17, 15) is 13.5 Å². The first kappa shape index (κ1) is 24.1. The van der Waals surface area contributed by atoms with Crippen LogP contribution in [0.15, 0.2) is 67.0 Å². The van der Waals surface area contributed by atoms with Crippen molar-refractivity contribution in [1.82, 2.24) is 14.5 Å². The minimum atomic E-state index is -3.38. The minimum Gasteiger partial charge on any atom is -0.391 e. The molecule has 1 aliphatic heterocycles. The van der Waals surface area contributed by atoms with E-state index in [1.54, 1.807) is 19.3 Å². The summed E-state index contributed by atoms with van der Waals surface area (Å²) in [6.07, 6.45) is 6.48. The average molecular weight is 507 g/mol. The summed E-state index contributed by atoms with van der Waals surface area (Å²) in [5.74, 6) is 0.477. The second kappa shape index (κ2) is 9.79. The van der Waals surface area contributed by atoms with Crippen molar-refractivity contribution in [3.63, 3.8) is 0 Å². The summed E-state index contributed by atoms with van der Waals surface area (Å²) in [5.41, 5.74) is 4.21. The van der Waals surface area contributed by atoms with Crippen molar-refractivity contribution in [2.75, 3.05) is 40.9 Å². The fourth-order valence-electron chi connectivity index (χ4n) is 4.55. The van der Waals surface area contributed by atoms with Gasteiger partial charge >= 0.3 is 0 Å². The van der Waals surface area contributed by atoms with Crippen LogP contribution in [-0.4, -0.2) is 60.6 Å². The van der Waals surface area contributed by atoms with Crippen LogP contribution in [0.3, 0.4) is 0 Å². The van der Waals surface area contributed by atoms with Crippen molar-refractivity contribution in [1.29, 1.82) is 0 Å². The van der Waals surface area contributed by atoms with Gasteiger partial charge in [0.05, 0.1) is 24.6 Å². The third kappa shape index (κ3) is 5.14. The van der Waals surface area contributed by atoms with Crippen molar-refractivity contribution in [3.05, 3.63) is 72.6 Å². The second-order valence-electron chi connectivity index (χ2n) is 9.19. The van der Waals surface area contributed by atoms with Crippen LogP contribution in [0.1, 0.15) is 18.4 Å². The van der Waals surface area contributed by atoms with Crippen molar-refractivity contribution in [2.45, 2.75) is 25.5 Å². The molecule has 9 nitrogen and oxygen atoms in total. The number of β-amino-alcohol motifs (C(OH)–C–C–N with tert-alkyl or cyclic N) is 1. The average Bonchev–Trinajstić information content (AvgIpc) is 3.26. The van der Waals surface area contributed by atoms with Gasteiger partial charge in [-0.1, -0.05) is 18.2 Å². The number of piperidine rings is 1. The van der Waals surface area contributed by atoms with Gasteiger partial charge in [0, 0.05) is 49.3 Å². The van der Waals surface area contributed by atoms with E-state index in [-0.39, 0.29) is 6.10 Å². The van der Waals surface area contributed by atoms with Gasteiger partial charge in [-0.2, -0.15) is 4.98 Å². The Balaban J connectivity index is 1.36. The van der Waals surface area contributed by atoms with E-state index >= 15 is 0 Å². The van der Waals surface area contributed by atoms with Gasteiger partial charge < -0.3 is 19.9 Å². The summed E-state index contributed by atoms with van der Waals surface area (Å²) in [6.45, 7) is 2.07. The molecule has 4 aromatic rings.